The van der Waals surface area contributed by atoms with E-state index in [9.17, 15) is 9.59 Å². The third-order valence-corrected chi connectivity index (χ3v) is 7.24. The van der Waals surface area contributed by atoms with Crippen LogP contribution in [0.25, 0.3) is 10.2 Å². The summed E-state index contributed by atoms with van der Waals surface area (Å²) >= 11 is 1.39. The van der Waals surface area contributed by atoms with Crippen LogP contribution < -0.4 is 10.6 Å². The number of rotatable bonds is 5. The van der Waals surface area contributed by atoms with E-state index in [2.05, 4.69) is 49.4 Å². The second-order valence-electron chi connectivity index (χ2n) is 9.48. The Morgan fingerprint density at radius 1 is 1.06 bits per heavy atom. The number of amides is 2. The molecule has 1 saturated carbocycles. The van der Waals surface area contributed by atoms with Gasteiger partial charge in [0, 0.05) is 11.3 Å². The van der Waals surface area contributed by atoms with Gasteiger partial charge in [-0.2, -0.15) is 0 Å². The largest absolute Gasteiger partial charge is 0.322 e. The molecule has 0 unspecified atom stereocenters. The number of para-hydroxylation sites is 1. The van der Waals surface area contributed by atoms with Crippen molar-refractivity contribution in [2.24, 2.45) is 17.3 Å². The number of nitrogens with zero attached hydrogens (tertiary/aromatic N) is 1. The Kier molecular flexibility index (Phi) is 5.67. The van der Waals surface area contributed by atoms with Crippen molar-refractivity contribution in [2.45, 2.75) is 41.5 Å². The first-order chi connectivity index (χ1) is 15.1. The first-order valence-electron chi connectivity index (χ1n) is 10.8. The number of thiazole rings is 1. The number of carbonyl (C=O) groups excluding carboxylic acids is 2. The lowest BCUT2D eigenvalue weighted by molar-refractivity contribution is -0.118. The van der Waals surface area contributed by atoms with Crippen LogP contribution in [-0.4, -0.2) is 16.8 Å². The number of hydrogen-bond donors (Lipinski definition) is 2. The Morgan fingerprint density at radius 3 is 2.41 bits per heavy atom. The van der Waals surface area contributed by atoms with Crippen molar-refractivity contribution in [3.8, 4) is 0 Å². The minimum absolute atomic E-state index is 0.00421. The third-order valence-electron chi connectivity index (χ3n) is 6.31. The maximum Gasteiger partial charge on any atom is 0.255 e. The van der Waals surface area contributed by atoms with Gasteiger partial charge in [0.05, 0.1) is 16.1 Å². The van der Waals surface area contributed by atoms with Gasteiger partial charge < -0.3 is 10.6 Å². The van der Waals surface area contributed by atoms with Crippen molar-refractivity contribution in [1.29, 1.82) is 0 Å². The summed E-state index contributed by atoms with van der Waals surface area (Å²) in [5, 5.41) is 6.58. The fraction of sp³-hybridized carbons (Fsp3) is 0.346. The highest BCUT2D eigenvalue weighted by atomic mass is 32.1. The summed E-state index contributed by atoms with van der Waals surface area (Å²) in [6.45, 7) is 12.3. The molecule has 0 aliphatic heterocycles. The summed E-state index contributed by atoms with van der Waals surface area (Å²) in [5.74, 6) is 0.0438. The Bertz CT molecular complexity index is 1230. The highest BCUT2D eigenvalue weighted by Crippen LogP contribution is 2.59. The quantitative estimate of drug-likeness (QED) is 0.448. The van der Waals surface area contributed by atoms with Crippen molar-refractivity contribution < 1.29 is 9.59 Å². The summed E-state index contributed by atoms with van der Waals surface area (Å²) < 4.78 is 0.866. The molecule has 0 saturated heterocycles. The van der Waals surface area contributed by atoms with Gasteiger partial charge in [0.2, 0.25) is 5.91 Å². The molecular weight excluding hydrogens is 418 g/mol. The minimum Gasteiger partial charge on any atom is -0.322 e. The lowest BCUT2D eigenvalue weighted by Crippen LogP contribution is -2.16. The van der Waals surface area contributed by atoms with Crippen LogP contribution in [0.2, 0.25) is 0 Å². The molecule has 6 heteroatoms. The zero-order valence-electron chi connectivity index (χ0n) is 19.4. The number of allylic oxidation sites excluding steroid dienone is 2. The Labute approximate surface area is 193 Å². The van der Waals surface area contributed by atoms with Crippen molar-refractivity contribution in [3.63, 3.8) is 0 Å². The number of carbonyl (C=O) groups is 2. The van der Waals surface area contributed by atoms with E-state index in [1.54, 1.807) is 6.07 Å². The lowest BCUT2D eigenvalue weighted by Gasteiger charge is -2.11. The molecule has 2 amide bonds. The summed E-state index contributed by atoms with van der Waals surface area (Å²) in [6.07, 6.45) is 2.18. The number of fused-ring (bicyclic) bond motifs is 1. The number of anilines is 2. The molecule has 0 bridgehead atoms. The minimum atomic E-state index is -0.160. The van der Waals surface area contributed by atoms with E-state index in [1.807, 2.05) is 44.2 Å². The number of nitrogens with one attached hydrogen (secondary N) is 2. The van der Waals surface area contributed by atoms with Crippen LogP contribution >= 0.6 is 11.3 Å². The van der Waals surface area contributed by atoms with Crippen LogP contribution in [0, 0.1) is 31.1 Å². The normalized spacial score (nSPS) is 18.8. The van der Waals surface area contributed by atoms with Gasteiger partial charge in [-0.25, -0.2) is 4.98 Å². The summed E-state index contributed by atoms with van der Waals surface area (Å²) in [5.41, 5.74) is 5.40. The monoisotopic (exact) mass is 447 g/mol. The standard InChI is InChI=1S/C26H29N3O2S/c1-14(2)12-18-21(26(18,5)6)24(31)29-25-27-19-11-10-17(13-20(19)32-25)23(30)28-22-15(3)8-7-9-16(22)4/h7-13,18,21H,1-6H3,(H,28,30)(H,27,29,31)/t18-,21+/m0/s1. The topological polar surface area (TPSA) is 71.1 Å². The molecule has 1 fully saturated rings. The highest BCUT2D eigenvalue weighted by Gasteiger charge is 2.60. The molecule has 0 spiro atoms. The predicted molar refractivity (Wildman–Crippen MR) is 132 cm³/mol. The SMILES string of the molecule is CC(C)=C[C@H]1[C@H](C(=O)Nc2nc3ccc(C(=O)Nc4c(C)cccc4C)cc3s2)C1(C)C. The van der Waals surface area contributed by atoms with Crippen molar-refractivity contribution in [1.82, 2.24) is 4.98 Å². The molecule has 2 aromatic carbocycles. The van der Waals surface area contributed by atoms with Crippen LogP contribution in [0.15, 0.2) is 48.0 Å². The van der Waals surface area contributed by atoms with Gasteiger partial charge >= 0.3 is 0 Å². The van der Waals surface area contributed by atoms with E-state index in [0.717, 1.165) is 27.0 Å². The van der Waals surface area contributed by atoms with Gasteiger partial charge in [-0.3, -0.25) is 9.59 Å². The Morgan fingerprint density at radius 2 is 1.75 bits per heavy atom. The lowest BCUT2D eigenvalue weighted by atomic mass is 10.1. The maximum absolute atomic E-state index is 12.9. The summed E-state index contributed by atoms with van der Waals surface area (Å²) in [7, 11) is 0. The van der Waals surface area contributed by atoms with Gasteiger partial charge in [-0.1, -0.05) is 55.0 Å². The van der Waals surface area contributed by atoms with Crippen LogP contribution in [0.4, 0.5) is 10.8 Å². The Hall–Kier alpha value is -2.99. The fourth-order valence-electron chi connectivity index (χ4n) is 4.35. The van der Waals surface area contributed by atoms with E-state index < -0.39 is 0 Å². The van der Waals surface area contributed by atoms with Gasteiger partial charge in [-0.05, 0) is 68.4 Å². The average molecular weight is 448 g/mol. The zero-order valence-corrected chi connectivity index (χ0v) is 20.2. The molecule has 5 nitrogen and oxygen atoms in total. The van der Waals surface area contributed by atoms with Gasteiger partial charge in [0.15, 0.2) is 5.13 Å². The first-order valence-corrected chi connectivity index (χ1v) is 11.6. The molecule has 0 radical (unpaired) electrons. The molecular formula is C26H29N3O2S. The zero-order chi connectivity index (χ0) is 23.2. The number of benzene rings is 2. The van der Waals surface area contributed by atoms with Crippen molar-refractivity contribution in [2.75, 3.05) is 10.6 Å². The van der Waals surface area contributed by atoms with Crippen LogP contribution in [-0.2, 0) is 4.79 Å². The summed E-state index contributed by atoms with van der Waals surface area (Å²) in [6, 6.07) is 11.4. The molecule has 2 N–H and O–H groups in total. The van der Waals surface area contributed by atoms with Crippen LogP contribution in [0.3, 0.4) is 0 Å². The number of hydrogen-bond acceptors (Lipinski definition) is 4. The maximum atomic E-state index is 12.9. The molecule has 1 aromatic heterocycles. The van der Waals surface area contributed by atoms with Crippen LogP contribution in [0.1, 0.15) is 49.2 Å². The van der Waals surface area contributed by atoms with E-state index >= 15 is 0 Å². The second kappa shape index (κ2) is 8.17. The molecule has 166 valence electrons. The smallest absolute Gasteiger partial charge is 0.255 e. The van der Waals surface area contributed by atoms with E-state index in [-0.39, 0.29) is 29.1 Å². The second-order valence-corrected chi connectivity index (χ2v) is 10.5. The van der Waals surface area contributed by atoms with Gasteiger partial charge in [-0.15, -0.1) is 0 Å². The molecule has 2 atom stereocenters. The fourth-order valence-corrected chi connectivity index (χ4v) is 5.26. The van der Waals surface area contributed by atoms with Gasteiger partial charge in [0.25, 0.3) is 5.91 Å². The summed E-state index contributed by atoms with van der Waals surface area (Å²) in [4.78, 5) is 30.3. The third kappa shape index (κ3) is 4.19. The van der Waals surface area contributed by atoms with Crippen LogP contribution in [0.5, 0.6) is 0 Å². The van der Waals surface area contributed by atoms with Crippen molar-refractivity contribution in [3.05, 3.63) is 64.7 Å². The molecule has 4 rings (SSSR count). The molecule has 3 aromatic rings. The van der Waals surface area contributed by atoms with E-state index in [0.29, 0.717) is 10.7 Å². The number of aromatic nitrogens is 1. The van der Waals surface area contributed by atoms with Crippen molar-refractivity contribution >= 4 is 44.2 Å². The van der Waals surface area contributed by atoms with E-state index in [1.165, 1.54) is 16.9 Å². The average Bonchev–Trinajstić information content (AvgIpc) is 3.04. The molecule has 1 heterocycles. The van der Waals surface area contributed by atoms with E-state index in [4.69, 9.17) is 0 Å². The molecule has 32 heavy (non-hydrogen) atoms. The van der Waals surface area contributed by atoms with Gasteiger partial charge in [0.1, 0.15) is 0 Å². The number of aryl methyl sites for hydroxylation is 2. The first kappa shape index (κ1) is 22.2. The Balaban J connectivity index is 1.50. The highest BCUT2D eigenvalue weighted by molar-refractivity contribution is 7.22. The predicted octanol–water partition coefficient (Wildman–Crippen LogP) is 6.34. The molecule has 1 aliphatic rings. The molecule has 1 aliphatic carbocycles.